The van der Waals surface area contributed by atoms with Gasteiger partial charge in [-0.1, -0.05) is 0 Å². The van der Waals surface area contributed by atoms with Crippen LogP contribution in [0.1, 0.15) is 13.8 Å². The Kier molecular flexibility index (Phi) is 4.60. The van der Waals surface area contributed by atoms with Gasteiger partial charge in [0.25, 0.3) is 0 Å². The molecule has 0 amide bonds. The van der Waals surface area contributed by atoms with Crippen molar-refractivity contribution in [2.45, 2.75) is 19.4 Å². The van der Waals surface area contributed by atoms with E-state index in [9.17, 15) is 0 Å². The highest BCUT2D eigenvalue weighted by Crippen LogP contribution is 1.96. The molecule has 0 heterocycles. The first-order chi connectivity index (χ1) is 4.62. The van der Waals surface area contributed by atoms with E-state index in [0.717, 1.165) is 6.54 Å². The van der Waals surface area contributed by atoms with Crippen LogP contribution < -0.4 is 10.6 Å². The minimum atomic E-state index is 0.120. The number of aliphatic hydroxyl groups is 1. The molecule has 3 N–H and O–H groups in total. The molecule has 0 fully saturated rings. The van der Waals surface area contributed by atoms with Gasteiger partial charge in [0.15, 0.2) is 0 Å². The summed E-state index contributed by atoms with van der Waals surface area (Å²) in [6.07, 6.45) is 0. The molecule has 0 saturated heterocycles. The summed E-state index contributed by atoms with van der Waals surface area (Å²) in [5.74, 6) is 0. The van der Waals surface area contributed by atoms with Gasteiger partial charge in [0.1, 0.15) is 0 Å². The fraction of sp³-hybridized carbons (Fsp3) is 1.00. The van der Waals surface area contributed by atoms with E-state index in [4.69, 9.17) is 5.11 Å². The molecule has 0 bridgehead atoms. The predicted molar refractivity (Wildman–Crippen MR) is 43.1 cm³/mol. The van der Waals surface area contributed by atoms with Crippen molar-refractivity contribution in [1.29, 1.82) is 0 Å². The maximum Gasteiger partial charge on any atom is 0.0555 e. The highest BCUT2D eigenvalue weighted by molar-refractivity contribution is 4.77. The van der Waals surface area contributed by atoms with E-state index in [2.05, 4.69) is 24.5 Å². The summed E-state index contributed by atoms with van der Waals surface area (Å²) in [6.45, 7) is 5.98. The van der Waals surface area contributed by atoms with E-state index in [1.54, 1.807) is 0 Å². The van der Waals surface area contributed by atoms with E-state index in [1.807, 2.05) is 7.05 Å². The third-order valence-electron chi connectivity index (χ3n) is 1.53. The lowest BCUT2D eigenvalue weighted by Gasteiger charge is -2.23. The van der Waals surface area contributed by atoms with Crippen LogP contribution in [0.15, 0.2) is 0 Å². The number of hydrogen-bond acceptors (Lipinski definition) is 3. The third kappa shape index (κ3) is 4.73. The molecule has 0 aliphatic carbocycles. The Balaban J connectivity index is 3.28. The average Bonchev–Trinajstić information content (AvgIpc) is 1.89. The summed E-state index contributed by atoms with van der Waals surface area (Å²) in [4.78, 5) is 0. The molecule has 0 atom stereocenters. The van der Waals surface area contributed by atoms with Crippen LogP contribution in [0.4, 0.5) is 0 Å². The first-order valence-electron chi connectivity index (χ1n) is 3.63. The second kappa shape index (κ2) is 4.66. The van der Waals surface area contributed by atoms with E-state index in [-0.39, 0.29) is 12.1 Å². The predicted octanol–water partition coefficient (Wildman–Crippen LogP) is -0.434. The van der Waals surface area contributed by atoms with E-state index in [0.29, 0.717) is 6.54 Å². The van der Waals surface area contributed by atoms with Crippen LogP contribution >= 0.6 is 0 Å². The Labute approximate surface area is 62.8 Å². The zero-order valence-electron chi connectivity index (χ0n) is 7.07. The molecule has 0 aromatic rings. The van der Waals surface area contributed by atoms with Crippen LogP contribution in [-0.4, -0.2) is 37.4 Å². The first kappa shape index (κ1) is 9.88. The summed E-state index contributed by atoms with van der Waals surface area (Å²) in [6, 6.07) is 0. The van der Waals surface area contributed by atoms with Gasteiger partial charge in [0.05, 0.1) is 6.61 Å². The highest BCUT2D eigenvalue weighted by Gasteiger charge is 2.12. The summed E-state index contributed by atoms with van der Waals surface area (Å²) in [7, 11) is 1.93. The van der Waals surface area contributed by atoms with E-state index >= 15 is 0 Å². The van der Waals surface area contributed by atoms with Crippen molar-refractivity contribution in [3.63, 3.8) is 0 Å². The third-order valence-corrected chi connectivity index (χ3v) is 1.53. The van der Waals surface area contributed by atoms with Crippen LogP contribution in [0, 0.1) is 0 Å². The first-order valence-corrected chi connectivity index (χ1v) is 3.63. The SMILES string of the molecule is CNC(C)(C)CNCCO. The standard InChI is InChI=1S/C7H18N2O/c1-7(2,8-3)6-9-4-5-10/h8-10H,4-6H2,1-3H3. The Hall–Kier alpha value is -0.120. The molecule has 10 heavy (non-hydrogen) atoms. The molecule has 0 radical (unpaired) electrons. The fourth-order valence-electron chi connectivity index (χ4n) is 0.568. The quantitative estimate of drug-likeness (QED) is 0.461. The summed E-state index contributed by atoms with van der Waals surface area (Å²) >= 11 is 0. The van der Waals surface area contributed by atoms with Gasteiger partial charge in [0, 0.05) is 18.6 Å². The Morgan fingerprint density at radius 2 is 2.00 bits per heavy atom. The van der Waals surface area contributed by atoms with Crippen LogP contribution in [0.25, 0.3) is 0 Å². The van der Waals surface area contributed by atoms with Crippen molar-refractivity contribution in [3.8, 4) is 0 Å². The van der Waals surface area contributed by atoms with Gasteiger partial charge in [0.2, 0.25) is 0 Å². The summed E-state index contributed by atoms with van der Waals surface area (Å²) in [5.41, 5.74) is 0.120. The number of nitrogens with one attached hydrogen (secondary N) is 2. The van der Waals surface area contributed by atoms with Gasteiger partial charge in [-0.25, -0.2) is 0 Å². The maximum absolute atomic E-state index is 8.45. The minimum absolute atomic E-state index is 0.120. The smallest absolute Gasteiger partial charge is 0.0555 e. The lowest BCUT2D eigenvalue weighted by molar-refractivity contribution is 0.282. The number of aliphatic hydroxyl groups excluding tert-OH is 1. The van der Waals surface area contributed by atoms with Crippen molar-refractivity contribution in [2.24, 2.45) is 0 Å². The second-order valence-corrected chi connectivity index (χ2v) is 3.03. The van der Waals surface area contributed by atoms with Gasteiger partial charge in [-0.3, -0.25) is 0 Å². The van der Waals surface area contributed by atoms with E-state index in [1.165, 1.54) is 0 Å². The molecule has 0 aromatic heterocycles. The van der Waals surface area contributed by atoms with Crippen LogP contribution in [0.3, 0.4) is 0 Å². The van der Waals surface area contributed by atoms with Crippen molar-refractivity contribution in [3.05, 3.63) is 0 Å². The molecule has 0 saturated carbocycles. The topological polar surface area (TPSA) is 44.3 Å². The van der Waals surface area contributed by atoms with Crippen molar-refractivity contribution >= 4 is 0 Å². The normalized spacial score (nSPS) is 12.0. The van der Waals surface area contributed by atoms with Crippen molar-refractivity contribution < 1.29 is 5.11 Å². The Bertz CT molecular complexity index is 83.7. The molecule has 3 heteroatoms. The minimum Gasteiger partial charge on any atom is -0.395 e. The van der Waals surface area contributed by atoms with Crippen LogP contribution in [0.2, 0.25) is 0 Å². The lowest BCUT2D eigenvalue weighted by atomic mass is 10.1. The number of rotatable bonds is 5. The molecule has 0 rings (SSSR count). The largest absolute Gasteiger partial charge is 0.395 e. The zero-order chi connectivity index (χ0) is 8.04. The lowest BCUT2D eigenvalue weighted by Crippen LogP contribution is -2.46. The molecule has 0 aliphatic heterocycles. The molecule has 0 unspecified atom stereocenters. The van der Waals surface area contributed by atoms with Gasteiger partial charge in [-0.05, 0) is 20.9 Å². The fourth-order valence-corrected chi connectivity index (χ4v) is 0.568. The molecule has 3 nitrogen and oxygen atoms in total. The van der Waals surface area contributed by atoms with Gasteiger partial charge in [-0.15, -0.1) is 0 Å². The van der Waals surface area contributed by atoms with Gasteiger partial charge < -0.3 is 15.7 Å². The van der Waals surface area contributed by atoms with Crippen LogP contribution in [-0.2, 0) is 0 Å². The summed E-state index contributed by atoms with van der Waals surface area (Å²) in [5, 5.41) is 14.7. The number of likely N-dealkylation sites (N-methyl/N-ethyl adjacent to an activating group) is 1. The summed E-state index contributed by atoms with van der Waals surface area (Å²) < 4.78 is 0. The van der Waals surface area contributed by atoms with Gasteiger partial charge >= 0.3 is 0 Å². The molecule has 0 aliphatic rings. The molecule has 0 spiro atoms. The maximum atomic E-state index is 8.45. The molecule has 0 aromatic carbocycles. The van der Waals surface area contributed by atoms with Gasteiger partial charge in [-0.2, -0.15) is 0 Å². The molecular formula is C7H18N2O. The zero-order valence-corrected chi connectivity index (χ0v) is 7.07. The molecular weight excluding hydrogens is 128 g/mol. The average molecular weight is 146 g/mol. The van der Waals surface area contributed by atoms with Crippen molar-refractivity contribution in [1.82, 2.24) is 10.6 Å². The Morgan fingerprint density at radius 1 is 1.40 bits per heavy atom. The Morgan fingerprint density at radius 3 is 2.40 bits per heavy atom. The highest BCUT2D eigenvalue weighted by atomic mass is 16.3. The van der Waals surface area contributed by atoms with Crippen molar-refractivity contribution in [2.75, 3.05) is 26.7 Å². The molecule has 62 valence electrons. The van der Waals surface area contributed by atoms with E-state index < -0.39 is 0 Å². The monoisotopic (exact) mass is 146 g/mol. The second-order valence-electron chi connectivity index (χ2n) is 3.03. The van der Waals surface area contributed by atoms with Crippen LogP contribution in [0.5, 0.6) is 0 Å². The number of hydrogen-bond donors (Lipinski definition) is 3.